The molecular weight excluding hydrogens is 294 g/mol. The number of benzene rings is 1. The third-order valence-corrected chi connectivity index (χ3v) is 3.00. The Balaban J connectivity index is 2.46. The van der Waals surface area contributed by atoms with Gasteiger partial charge in [0, 0.05) is 17.2 Å². The van der Waals surface area contributed by atoms with Gasteiger partial charge in [0.15, 0.2) is 0 Å². The van der Waals surface area contributed by atoms with E-state index in [-0.39, 0.29) is 11.1 Å². The number of rotatable bonds is 3. The standard InChI is InChI=1S/C13H12BrN3O/c14-10-6-11(13(16)18)12(15)17(8-10)7-9-4-2-1-3-5-9/h1-6,8,15H,7H2,(H2,16,18). The number of nitrogens with one attached hydrogen (secondary N) is 1. The fourth-order valence-electron chi connectivity index (χ4n) is 1.70. The third kappa shape index (κ3) is 2.68. The van der Waals surface area contributed by atoms with Crippen molar-refractivity contribution in [2.24, 2.45) is 5.73 Å². The Kier molecular flexibility index (Phi) is 3.62. The zero-order valence-corrected chi connectivity index (χ0v) is 11.1. The van der Waals surface area contributed by atoms with Crippen molar-refractivity contribution in [3.63, 3.8) is 0 Å². The van der Waals surface area contributed by atoms with Crippen LogP contribution in [0.5, 0.6) is 0 Å². The Morgan fingerprint density at radius 3 is 2.61 bits per heavy atom. The SMILES string of the molecule is N=c1c(C(N)=O)cc(Br)cn1Cc1ccccc1. The van der Waals surface area contributed by atoms with E-state index in [1.807, 2.05) is 30.3 Å². The number of carbonyl (C=O) groups excluding carboxylic acids is 1. The molecule has 0 spiro atoms. The van der Waals surface area contributed by atoms with Gasteiger partial charge in [-0.3, -0.25) is 10.2 Å². The predicted molar refractivity (Wildman–Crippen MR) is 72.0 cm³/mol. The third-order valence-electron chi connectivity index (χ3n) is 2.56. The van der Waals surface area contributed by atoms with Gasteiger partial charge in [0.05, 0.1) is 5.56 Å². The Hall–Kier alpha value is -1.88. The largest absolute Gasteiger partial charge is 0.365 e. The molecule has 0 saturated carbocycles. The number of amides is 1. The molecule has 92 valence electrons. The lowest BCUT2D eigenvalue weighted by atomic mass is 10.2. The average molecular weight is 306 g/mol. The van der Waals surface area contributed by atoms with E-state index in [2.05, 4.69) is 15.9 Å². The molecule has 4 nitrogen and oxygen atoms in total. The Morgan fingerprint density at radius 1 is 1.33 bits per heavy atom. The van der Waals surface area contributed by atoms with Crippen molar-refractivity contribution < 1.29 is 4.79 Å². The maximum absolute atomic E-state index is 11.2. The Labute approximate surface area is 113 Å². The first-order valence-electron chi connectivity index (χ1n) is 5.36. The summed E-state index contributed by atoms with van der Waals surface area (Å²) in [4.78, 5) is 11.2. The maximum atomic E-state index is 11.2. The zero-order valence-electron chi connectivity index (χ0n) is 9.56. The molecule has 3 N–H and O–H groups in total. The van der Waals surface area contributed by atoms with Crippen molar-refractivity contribution >= 4 is 21.8 Å². The summed E-state index contributed by atoms with van der Waals surface area (Å²) in [7, 11) is 0. The van der Waals surface area contributed by atoms with Gasteiger partial charge in [0.1, 0.15) is 5.49 Å². The summed E-state index contributed by atoms with van der Waals surface area (Å²) in [6, 6.07) is 11.3. The van der Waals surface area contributed by atoms with Crippen LogP contribution in [0.25, 0.3) is 0 Å². The molecule has 1 heterocycles. The zero-order chi connectivity index (χ0) is 13.1. The number of hydrogen-bond donors (Lipinski definition) is 2. The van der Waals surface area contributed by atoms with Crippen LogP contribution >= 0.6 is 15.9 Å². The number of nitrogens with zero attached hydrogens (tertiary/aromatic N) is 1. The summed E-state index contributed by atoms with van der Waals surface area (Å²) < 4.78 is 2.41. The first kappa shape index (κ1) is 12.6. The number of nitrogens with two attached hydrogens (primary N) is 1. The van der Waals surface area contributed by atoms with E-state index in [0.717, 1.165) is 10.0 Å². The van der Waals surface area contributed by atoms with E-state index in [0.29, 0.717) is 6.54 Å². The van der Waals surface area contributed by atoms with Crippen LogP contribution in [0.3, 0.4) is 0 Å². The van der Waals surface area contributed by atoms with E-state index in [9.17, 15) is 4.79 Å². The highest BCUT2D eigenvalue weighted by Crippen LogP contribution is 2.10. The Morgan fingerprint density at radius 2 is 2.00 bits per heavy atom. The highest BCUT2D eigenvalue weighted by molar-refractivity contribution is 9.10. The van der Waals surface area contributed by atoms with Gasteiger partial charge in [0.2, 0.25) is 0 Å². The first-order valence-corrected chi connectivity index (χ1v) is 6.15. The summed E-state index contributed by atoms with van der Waals surface area (Å²) in [6.07, 6.45) is 1.77. The fraction of sp³-hybridized carbons (Fsp3) is 0.0769. The van der Waals surface area contributed by atoms with E-state index >= 15 is 0 Å². The van der Waals surface area contributed by atoms with Gasteiger partial charge in [-0.05, 0) is 27.6 Å². The molecule has 18 heavy (non-hydrogen) atoms. The van der Waals surface area contributed by atoms with E-state index < -0.39 is 5.91 Å². The van der Waals surface area contributed by atoms with Crippen molar-refractivity contribution in [2.75, 3.05) is 0 Å². The van der Waals surface area contributed by atoms with E-state index in [1.165, 1.54) is 0 Å². The highest BCUT2D eigenvalue weighted by Gasteiger charge is 2.08. The number of aromatic nitrogens is 1. The van der Waals surface area contributed by atoms with Crippen molar-refractivity contribution in [3.05, 3.63) is 63.7 Å². The van der Waals surface area contributed by atoms with Crippen molar-refractivity contribution in [2.45, 2.75) is 6.54 Å². The topological polar surface area (TPSA) is 71.9 Å². The minimum absolute atomic E-state index is 0.120. The predicted octanol–water partition coefficient (Wildman–Crippen LogP) is 1.88. The smallest absolute Gasteiger partial charge is 0.252 e. The monoisotopic (exact) mass is 305 g/mol. The number of halogens is 1. The lowest BCUT2D eigenvalue weighted by Crippen LogP contribution is -2.29. The molecule has 0 fully saturated rings. The molecule has 0 saturated heterocycles. The molecule has 5 heteroatoms. The summed E-state index contributed by atoms with van der Waals surface area (Å²) in [5.41, 5.74) is 6.64. The second-order valence-corrected chi connectivity index (χ2v) is 4.81. The number of primary amides is 1. The number of carbonyl (C=O) groups is 1. The van der Waals surface area contributed by atoms with Crippen LogP contribution in [0.15, 0.2) is 47.1 Å². The molecule has 0 atom stereocenters. The van der Waals surface area contributed by atoms with Crippen LogP contribution in [-0.2, 0) is 6.54 Å². The van der Waals surface area contributed by atoms with Crippen LogP contribution in [-0.4, -0.2) is 10.5 Å². The second kappa shape index (κ2) is 5.18. The molecule has 0 aliphatic rings. The molecule has 0 aliphatic carbocycles. The quantitative estimate of drug-likeness (QED) is 0.893. The number of pyridine rings is 1. The maximum Gasteiger partial charge on any atom is 0.252 e. The molecule has 0 radical (unpaired) electrons. The fourth-order valence-corrected chi connectivity index (χ4v) is 2.18. The van der Waals surface area contributed by atoms with E-state index in [1.54, 1.807) is 16.8 Å². The molecule has 1 amide bonds. The minimum Gasteiger partial charge on any atom is -0.365 e. The van der Waals surface area contributed by atoms with Crippen molar-refractivity contribution in [1.29, 1.82) is 5.41 Å². The highest BCUT2D eigenvalue weighted by atomic mass is 79.9. The second-order valence-electron chi connectivity index (χ2n) is 3.90. The van der Waals surface area contributed by atoms with Crippen LogP contribution in [0.1, 0.15) is 15.9 Å². The van der Waals surface area contributed by atoms with Crippen molar-refractivity contribution in [3.8, 4) is 0 Å². The Bertz CT molecular complexity index is 634. The summed E-state index contributed by atoms with van der Waals surface area (Å²) in [6.45, 7) is 0.527. The minimum atomic E-state index is -0.594. The molecule has 1 aromatic heterocycles. The van der Waals surface area contributed by atoms with Gasteiger partial charge in [-0.15, -0.1) is 0 Å². The molecular formula is C13H12BrN3O. The molecule has 0 aliphatic heterocycles. The lowest BCUT2D eigenvalue weighted by molar-refractivity contribution is 0.0997. The molecule has 2 aromatic rings. The van der Waals surface area contributed by atoms with Crippen LogP contribution in [0.2, 0.25) is 0 Å². The summed E-state index contributed by atoms with van der Waals surface area (Å²) in [5, 5.41) is 7.96. The van der Waals surface area contributed by atoms with Gasteiger partial charge < -0.3 is 10.3 Å². The van der Waals surface area contributed by atoms with Crippen LogP contribution in [0.4, 0.5) is 0 Å². The van der Waals surface area contributed by atoms with Crippen LogP contribution in [0, 0.1) is 5.41 Å². The summed E-state index contributed by atoms with van der Waals surface area (Å²) in [5.74, 6) is -0.594. The molecule has 0 bridgehead atoms. The van der Waals surface area contributed by atoms with Gasteiger partial charge in [-0.25, -0.2) is 0 Å². The molecule has 0 unspecified atom stereocenters. The van der Waals surface area contributed by atoms with Crippen LogP contribution < -0.4 is 11.2 Å². The molecule has 1 aromatic carbocycles. The summed E-state index contributed by atoms with van der Waals surface area (Å²) >= 11 is 3.32. The molecule has 2 rings (SSSR count). The van der Waals surface area contributed by atoms with Gasteiger partial charge in [-0.1, -0.05) is 30.3 Å². The normalized spacial score (nSPS) is 10.3. The van der Waals surface area contributed by atoms with E-state index in [4.69, 9.17) is 11.1 Å². The van der Waals surface area contributed by atoms with Gasteiger partial charge >= 0.3 is 0 Å². The lowest BCUT2D eigenvalue weighted by Gasteiger charge is -2.10. The number of hydrogen-bond acceptors (Lipinski definition) is 2. The van der Waals surface area contributed by atoms with Crippen molar-refractivity contribution in [1.82, 2.24) is 4.57 Å². The van der Waals surface area contributed by atoms with Gasteiger partial charge in [-0.2, -0.15) is 0 Å². The average Bonchev–Trinajstić information content (AvgIpc) is 2.34. The first-order chi connectivity index (χ1) is 8.58. The van der Waals surface area contributed by atoms with Gasteiger partial charge in [0.25, 0.3) is 5.91 Å².